The molecule has 0 aromatic carbocycles. The molecule has 0 spiro atoms. The van der Waals surface area contributed by atoms with Crippen molar-refractivity contribution in [2.75, 3.05) is 19.8 Å². The van der Waals surface area contributed by atoms with E-state index in [9.17, 15) is 4.79 Å². The highest BCUT2D eigenvalue weighted by Gasteiger charge is 2.28. The molecule has 0 rings (SSSR count). The molecular weight excluding hydrogens is 280 g/mol. The number of carbonyl (C=O) groups is 2. The molecule has 0 aliphatic carbocycles. The van der Waals surface area contributed by atoms with Crippen molar-refractivity contribution in [2.45, 2.75) is 27.2 Å². The Morgan fingerprint density at radius 3 is 1.81 bits per heavy atom. The Labute approximate surface area is 125 Å². The number of terminal acetylenes is 1. The van der Waals surface area contributed by atoms with Crippen LogP contribution in [0.2, 0.25) is 0 Å². The number of aliphatic hydroxyl groups is 2. The van der Waals surface area contributed by atoms with E-state index in [1.54, 1.807) is 0 Å². The van der Waals surface area contributed by atoms with Crippen molar-refractivity contribution in [3.05, 3.63) is 0 Å². The summed E-state index contributed by atoms with van der Waals surface area (Å²) in [5.74, 6) is 2.48. The van der Waals surface area contributed by atoms with Crippen LogP contribution in [-0.4, -0.2) is 52.4 Å². The summed E-state index contributed by atoms with van der Waals surface area (Å²) in [6.45, 7) is 6.23. The molecule has 0 radical (unpaired) electrons. The topological polar surface area (TPSA) is 153 Å². The minimum Gasteiger partial charge on any atom is -0.465 e. The van der Waals surface area contributed by atoms with Gasteiger partial charge in [-0.2, -0.15) is 0 Å². The van der Waals surface area contributed by atoms with Gasteiger partial charge in [0.1, 0.15) is 0 Å². The second-order valence-corrected chi connectivity index (χ2v) is 4.48. The number of carboxylic acid groups (broad SMARTS) is 2. The van der Waals surface area contributed by atoms with Gasteiger partial charge in [-0.25, -0.2) is 9.59 Å². The first-order valence-corrected chi connectivity index (χ1v) is 6.21. The summed E-state index contributed by atoms with van der Waals surface area (Å²) < 4.78 is 0. The summed E-state index contributed by atoms with van der Waals surface area (Å²) in [6, 6.07) is 0. The first-order chi connectivity index (χ1) is 9.60. The van der Waals surface area contributed by atoms with Gasteiger partial charge in [0, 0.05) is 5.41 Å². The van der Waals surface area contributed by atoms with Crippen molar-refractivity contribution in [3.8, 4) is 12.3 Å². The molecule has 0 saturated heterocycles. The number of hydrogen-bond donors (Lipinski definition) is 6. The molecule has 0 aliphatic rings. The lowest BCUT2D eigenvalue weighted by Crippen LogP contribution is -2.32. The van der Waals surface area contributed by atoms with Crippen LogP contribution in [0.1, 0.15) is 27.2 Å². The Hall–Kier alpha value is -1.98. The fraction of sp³-hybridized carbons (Fsp3) is 0.692. The monoisotopic (exact) mass is 306 g/mol. The molecule has 0 aromatic heterocycles. The Balaban J connectivity index is -0.000000256. The zero-order valence-corrected chi connectivity index (χ0v) is 12.7. The third-order valence-corrected chi connectivity index (χ3v) is 2.87. The summed E-state index contributed by atoms with van der Waals surface area (Å²) in [6.07, 6.45) is 3.28. The molecule has 0 heterocycles. The number of amides is 2. The van der Waals surface area contributed by atoms with E-state index < -0.39 is 12.2 Å². The zero-order valence-electron chi connectivity index (χ0n) is 12.7. The molecule has 0 saturated carbocycles. The van der Waals surface area contributed by atoms with E-state index >= 15 is 0 Å². The van der Waals surface area contributed by atoms with E-state index in [0.717, 1.165) is 6.42 Å². The van der Waals surface area contributed by atoms with Crippen molar-refractivity contribution in [3.63, 3.8) is 0 Å². The third-order valence-electron chi connectivity index (χ3n) is 2.87. The molecule has 1 unspecified atom stereocenters. The van der Waals surface area contributed by atoms with Crippen LogP contribution in [0.5, 0.6) is 0 Å². The molecular formula is C13H26N2O6. The van der Waals surface area contributed by atoms with Gasteiger partial charge in [-0.15, -0.1) is 6.42 Å². The minimum atomic E-state index is -1.33. The molecule has 0 aromatic rings. The van der Waals surface area contributed by atoms with Gasteiger partial charge in [-0.05, 0) is 5.92 Å². The molecule has 8 heteroatoms. The minimum absolute atomic E-state index is 0.0680. The highest BCUT2D eigenvalue weighted by atomic mass is 16.4. The highest BCUT2D eigenvalue weighted by Crippen LogP contribution is 2.27. The summed E-state index contributed by atoms with van der Waals surface area (Å²) in [5.41, 5.74) is 3.73. The maximum Gasteiger partial charge on any atom is 0.405 e. The first kappa shape index (κ1) is 24.1. The van der Waals surface area contributed by atoms with Crippen molar-refractivity contribution in [2.24, 2.45) is 17.1 Å². The molecule has 0 bridgehead atoms. The molecule has 1 atom stereocenters. The average Bonchev–Trinajstić information content (AvgIpc) is 2.43. The molecule has 7 N–H and O–H groups in total. The number of nitrogens with one attached hydrogen (secondary N) is 1. The van der Waals surface area contributed by atoms with Crippen LogP contribution in [-0.2, 0) is 0 Å². The third kappa shape index (κ3) is 18.0. The van der Waals surface area contributed by atoms with E-state index in [1.807, 2.05) is 19.2 Å². The van der Waals surface area contributed by atoms with Crippen molar-refractivity contribution >= 4 is 12.2 Å². The second-order valence-electron chi connectivity index (χ2n) is 4.48. The SMILES string of the molecule is C#CCNC(=O)O.CCC(C)C(C)(CO)CO.NC(=O)O. The number of primary amides is 1. The van der Waals surface area contributed by atoms with Gasteiger partial charge >= 0.3 is 12.2 Å². The van der Waals surface area contributed by atoms with E-state index in [1.165, 1.54) is 0 Å². The van der Waals surface area contributed by atoms with Crippen LogP contribution < -0.4 is 11.1 Å². The van der Waals surface area contributed by atoms with E-state index in [-0.39, 0.29) is 25.2 Å². The van der Waals surface area contributed by atoms with Gasteiger partial charge in [-0.1, -0.05) is 33.1 Å². The standard InChI is InChI=1S/C8H18O2.C4H5NO2.CH3NO2/c1-4-7(2)8(3,5-9)6-10;1-2-3-5-4(6)7;2-1(3)4/h7,9-10H,4-6H2,1-3H3;1,5H,3H2,(H,6,7);2H2,(H,3,4). The van der Waals surface area contributed by atoms with Gasteiger partial charge in [0.05, 0.1) is 19.8 Å². The summed E-state index contributed by atoms with van der Waals surface area (Å²) >= 11 is 0. The quantitative estimate of drug-likeness (QED) is 0.407. The van der Waals surface area contributed by atoms with Crippen molar-refractivity contribution in [1.82, 2.24) is 5.32 Å². The van der Waals surface area contributed by atoms with Crippen LogP contribution in [0.3, 0.4) is 0 Å². The smallest absolute Gasteiger partial charge is 0.405 e. The number of aliphatic hydroxyl groups excluding tert-OH is 2. The van der Waals surface area contributed by atoms with Crippen LogP contribution in [0.15, 0.2) is 0 Å². The van der Waals surface area contributed by atoms with Crippen molar-refractivity contribution in [1.29, 1.82) is 0 Å². The Bertz CT molecular complexity index is 319. The lowest BCUT2D eigenvalue weighted by molar-refractivity contribution is 0.0243. The summed E-state index contributed by atoms with van der Waals surface area (Å²) in [5, 5.41) is 34.9. The number of nitrogens with two attached hydrogens (primary N) is 1. The first-order valence-electron chi connectivity index (χ1n) is 6.21. The average molecular weight is 306 g/mol. The fourth-order valence-corrected chi connectivity index (χ4v) is 0.981. The van der Waals surface area contributed by atoms with Gasteiger partial charge in [0.2, 0.25) is 0 Å². The molecule has 0 fully saturated rings. The lowest BCUT2D eigenvalue weighted by atomic mass is 9.78. The van der Waals surface area contributed by atoms with Gasteiger partial charge in [0.25, 0.3) is 0 Å². The highest BCUT2D eigenvalue weighted by molar-refractivity contribution is 5.64. The normalized spacial score (nSPS) is 10.7. The summed E-state index contributed by atoms with van der Waals surface area (Å²) in [4.78, 5) is 18.3. The largest absolute Gasteiger partial charge is 0.465 e. The Morgan fingerprint density at radius 2 is 1.71 bits per heavy atom. The second kappa shape index (κ2) is 14.4. The predicted molar refractivity (Wildman–Crippen MR) is 78.8 cm³/mol. The number of rotatable bonds is 5. The molecule has 8 nitrogen and oxygen atoms in total. The Kier molecular flexibility index (Phi) is 16.5. The maximum absolute atomic E-state index is 9.55. The molecule has 2 amide bonds. The van der Waals surface area contributed by atoms with Gasteiger partial charge in [0.15, 0.2) is 0 Å². The van der Waals surface area contributed by atoms with Crippen LogP contribution in [0.4, 0.5) is 9.59 Å². The summed E-state index contributed by atoms with van der Waals surface area (Å²) in [7, 11) is 0. The van der Waals surface area contributed by atoms with E-state index in [2.05, 4.69) is 18.6 Å². The van der Waals surface area contributed by atoms with Gasteiger partial charge in [-0.3, -0.25) is 0 Å². The van der Waals surface area contributed by atoms with E-state index in [0.29, 0.717) is 5.92 Å². The molecule has 124 valence electrons. The van der Waals surface area contributed by atoms with Crippen LogP contribution in [0, 0.1) is 23.7 Å². The molecule has 0 aliphatic heterocycles. The predicted octanol–water partition coefficient (Wildman–Crippen LogP) is 0.534. The number of hydrogen-bond acceptors (Lipinski definition) is 4. The zero-order chi connectivity index (χ0) is 17.5. The van der Waals surface area contributed by atoms with Crippen LogP contribution >= 0.6 is 0 Å². The fourth-order valence-electron chi connectivity index (χ4n) is 0.981. The lowest BCUT2D eigenvalue weighted by Gasteiger charge is -2.30. The van der Waals surface area contributed by atoms with Crippen LogP contribution in [0.25, 0.3) is 0 Å². The van der Waals surface area contributed by atoms with E-state index in [4.69, 9.17) is 31.6 Å². The molecule has 21 heavy (non-hydrogen) atoms. The van der Waals surface area contributed by atoms with Crippen molar-refractivity contribution < 1.29 is 30.0 Å². The van der Waals surface area contributed by atoms with Gasteiger partial charge < -0.3 is 31.5 Å². The maximum atomic E-state index is 9.55. The Morgan fingerprint density at radius 1 is 1.33 bits per heavy atom.